The minimum Gasteiger partial charge on any atom is -0.471 e. The Balaban J connectivity index is 2.34. The number of ether oxygens (including phenoxy) is 1. The third-order valence-electron chi connectivity index (χ3n) is 1.58. The Bertz CT molecular complexity index is 203. The number of hydrogen-bond acceptors (Lipinski definition) is 2. The molecule has 2 nitrogen and oxygen atoms in total. The molecule has 1 aliphatic heterocycles. The van der Waals surface area contributed by atoms with Crippen LogP contribution in [0, 0.1) is 0 Å². The summed E-state index contributed by atoms with van der Waals surface area (Å²) in [6.45, 7) is 0.610. The van der Waals surface area contributed by atoms with Gasteiger partial charge >= 0.3 is 0 Å². The van der Waals surface area contributed by atoms with E-state index in [2.05, 4.69) is 23.5 Å². The standard InChI is InChI=1S/C8H9NO/c1-2-4-7-8(5-3-1)10-6-9-7/h2-5,9H,1,6H2. The first kappa shape index (κ1) is 5.59. The van der Waals surface area contributed by atoms with Crippen LogP contribution in [0.15, 0.2) is 35.8 Å². The van der Waals surface area contributed by atoms with Crippen LogP contribution in [-0.4, -0.2) is 6.73 Å². The Morgan fingerprint density at radius 1 is 1.30 bits per heavy atom. The van der Waals surface area contributed by atoms with E-state index in [1.54, 1.807) is 0 Å². The van der Waals surface area contributed by atoms with Crippen LogP contribution in [0.3, 0.4) is 0 Å². The van der Waals surface area contributed by atoms with Gasteiger partial charge in [0.25, 0.3) is 0 Å². The van der Waals surface area contributed by atoms with Crippen LogP contribution in [-0.2, 0) is 4.74 Å². The monoisotopic (exact) mass is 135 g/mol. The smallest absolute Gasteiger partial charge is 0.159 e. The SMILES string of the molecule is C1=CC2=C(C=CC1)OCN2. The Labute approximate surface area is 59.9 Å². The number of allylic oxidation sites excluding steroid dienone is 4. The van der Waals surface area contributed by atoms with E-state index in [-0.39, 0.29) is 0 Å². The van der Waals surface area contributed by atoms with Crippen molar-refractivity contribution in [1.82, 2.24) is 5.32 Å². The van der Waals surface area contributed by atoms with Crippen molar-refractivity contribution in [2.75, 3.05) is 6.73 Å². The van der Waals surface area contributed by atoms with Crippen molar-refractivity contribution in [2.24, 2.45) is 0 Å². The molecule has 0 amide bonds. The van der Waals surface area contributed by atoms with Gasteiger partial charge in [-0.3, -0.25) is 0 Å². The molecule has 1 aliphatic carbocycles. The molecule has 2 aliphatic rings. The van der Waals surface area contributed by atoms with Crippen molar-refractivity contribution < 1.29 is 4.74 Å². The van der Waals surface area contributed by atoms with Crippen molar-refractivity contribution in [1.29, 1.82) is 0 Å². The fraction of sp³-hybridized carbons (Fsp3) is 0.250. The van der Waals surface area contributed by atoms with Crippen LogP contribution in [0.1, 0.15) is 6.42 Å². The molecule has 0 spiro atoms. The van der Waals surface area contributed by atoms with Crippen LogP contribution in [0.4, 0.5) is 0 Å². The Kier molecular flexibility index (Phi) is 1.24. The predicted molar refractivity (Wildman–Crippen MR) is 39.0 cm³/mol. The lowest BCUT2D eigenvalue weighted by Gasteiger charge is -1.91. The first-order valence-electron chi connectivity index (χ1n) is 3.41. The minimum atomic E-state index is 0.610. The van der Waals surface area contributed by atoms with Crippen molar-refractivity contribution in [3.05, 3.63) is 35.8 Å². The van der Waals surface area contributed by atoms with Crippen LogP contribution < -0.4 is 5.32 Å². The maximum Gasteiger partial charge on any atom is 0.159 e. The molecule has 0 aromatic heterocycles. The summed E-state index contributed by atoms with van der Waals surface area (Å²) < 4.78 is 5.27. The van der Waals surface area contributed by atoms with Crippen molar-refractivity contribution in [2.45, 2.75) is 6.42 Å². The minimum absolute atomic E-state index is 0.610. The van der Waals surface area contributed by atoms with Crippen molar-refractivity contribution in [3.8, 4) is 0 Å². The molecule has 0 aromatic carbocycles. The third-order valence-corrected chi connectivity index (χ3v) is 1.58. The van der Waals surface area contributed by atoms with Crippen LogP contribution >= 0.6 is 0 Å². The summed E-state index contributed by atoms with van der Waals surface area (Å²) in [4.78, 5) is 0. The molecule has 0 atom stereocenters. The molecule has 0 radical (unpaired) electrons. The molecule has 2 rings (SSSR count). The van der Waals surface area contributed by atoms with E-state index in [9.17, 15) is 0 Å². The summed E-state index contributed by atoms with van der Waals surface area (Å²) in [5.74, 6) is 0.966. The highest BCUT2D eigenvalue weighted by atomic mass is 16.5. The van der Waals surface area contributed by atoms with Gasteiger partial charge in [-0.1, -0.05) is 12.2 Å². The number of hydrogen-bond donors (Lipinski definition) is 1. The fourth-order valence-corrected chi connectivity index (χ4v) is 1.07. The van der Waals surface area contributed by atoms with E-state index < -0.39 is 0 Å². The molecule has 0 fully saturated rings. The highest BCUT2D eigenvalue weighted by Gasteiger charge is 2.09. The molecular weight excluding hydrogens is 126 g/mol. The summed E-state index contributed by atoms with van der Waals surface area (Å²) in [5, 5.41) is 3.12. The summed E-state index contributed by atoms with van der Waals surface area (Å²) in [5.41, 5.74) is 1.11. The van der Waals surface area contributed by atoms with E-state index >= 15 is 0 Å². The quantitative estimate of drug-likeness (QED) is 0.540. The van der Waals surface area contributed by atoms with Crippen LogP contribution in [0.2, 0.25) is 0 Å². The third kappa shape index (κ3) is 0.817. The van der Waals surface area contributed by atoms with Gasteiger partial charge in [-0.25, -0.2) is 0 Å². The van der Waals surface area contributed by atoms with Gasteiger partial charge in [0.2, 0.25) is 0 Å². The molecule has 0 unspecified atom stereocenters. The van der Waals surface area contributed by atoms with E-state index in [0.717, 1.165) is 17.9 Å². The second kappa shape index (κ2) is 2.21. The fourth-order valence-electron chi connectivity index (χ4n) is 1.07. The van der Waals surface area contributed by atoms with Crippen molar-refractivity contribution in [3.63, 3.8) is 0 Å². The average Bonchev–Trinajstić information content (AvgIpc) is 2.28. The summed E-state index contributed by atoms with van der Waals surface area (Å²) >= 11 is 0. The van der Waals surface area contributed by atoms with Gasteiger partial charge in [0.15, 0.2) is 6.73 Å². The molecule has 52 valence electrons. The summed E-state index contributed by atoms with van der Waals surface area (Å²) in [7, 11) is 0. The van der Waals surface area contributed by atoms with Crippen LogP contribution in [0.25, 0.3) is 0 Å². The van der Waals surface area contributed by atoms with E-state index in [1.807, 2.05) is 6.08 Å². The van der Waals surface area contributed by atoms with E-state index in [0.29, 0.717) is 6.73 Å². The van der Waals surface area contributed by atoms with Gasteiger partial charge in [-0.15, -0.1) is 0 Å². The maximum atomic E-state index is 5.27. The highest BCUT2D eigenvalue weighted by Crippen LogP contribution is 2.15. The van der Waals surface area contributed by atoms with Gasteiger partial charge < -0.3 is 10.1 Å². The maximum absolute atomic E-state index is 5.27. The lowest BCUT2D eigenvalue weighted by molar-refractivity contribution is 0.244. The molecule has 2 heteroatoms. The predicted octanol–water partition coefficient (Wildman–Crippen LogP) is 1.29. The van der Waals surface area contributed by atoms with Gasteiger partial charge in [0.05, 0.1) is 5.70 Å². The Morgan fingerprint density at radius 3 is 3.20 bits per heavy atom. The molecule has 0 bridgehead atoms. The number of nitrogens with one attached hydrogen (secondary N) is 1. The van der Waals surface area contributed by atoms with Gasteiger partial charge in [0.1, 0.15) is 5.76 Å². The van der Waals surface area contributed by atoms with E-state index in [4.69, 9.17) is 4.74 Å². The molecule has 1 heterocycles. The second-order valence-corrected chi connectivity index (χ2v) is 2.28. The summed E-state index contributed by atoms with van der Waals surface area (Å²) in [6.07, 6.45) is 9.27. The normalized spacial score (nSPS) is 21.6. The molecule has 0 aromatic rings. The lowest BCUT2D eigenvalue weighted by Crippen LogP contribution is -2.05. The van der Waals surface area contributed by atoms with Crippen molar-refractivity contribution >= 4 is 0 Å². The molecule has 1 N–H and O–H groups in total. The molecule has 10 heavy (non-hydrogen) atoms. The Hall–Kier alpha value is -1.18. The Morgan fingerprint density at radius 2 is 2.20 bits per heavy atom. The van der Waals surface area contributed by atoms with Gasteiger partial charge in [0, 0.05) is 0 Å². The average molecular weight is 135 g/mol. The zero-order valence-corrected chi connectivity index (χ0v) is 5.63. The largest absolute Gasteiger partial charge is 0.471 e. The highest BCUT2D eigenvalue weighted by molar-refractivity contribution is 5.32. The van der Waals surface area contributed by atoms with Gasteiger partial charge in [-0.05, 0) is 18.6 Å². The van der Waals surface area contributed by atoms with Gasteiger partial charge in [-0.2, -0.15) is 0 Å². The number of rotatable bonds is 0. The lowest BCUT2D eigenvalue weighted by atomic mass is 10.3. The summed E-state index contributed by atoms with van der Waals surface area (Å²) in [6, 6.07) is 0. The molecule has 0 saturated carbocycles. The zero-order valence-electron chi connectivity index (χ0n) is 5.63. The van der Waals surface area contributed by atoms with Crippen LogP contribution in [0.5, 0.6) is 0 Å². The molecule has 0 saturated heterocycles. The second-order valence-electron chi connectivity index (χ2n) is 2.28. The van der Waals surface area contributed by atoms with E-state index in [1.165, 1.54) is 0 Å². The first-order valence-corrected chi connectivity index (χ1v) is 3.41. The molecular formula is C8H9NO. The topological polar surface area (TPSA) is 21.3 Å². The first-order chi connectivity index (χ1) is 4.97. The zero-order chi connectivity index (χ0) is 6.81.